The molecule has 3 heterocycles. The molecule has 0 aliphatic heterocycles. The van der Waals surface area contributed by atoms with Gasteiger partial charge in [-0.15, -0.1) is 0 Å². The number of carbonyl (C=O) groups is 5. The summed E-state index contributed by atoms with van der Waals surface area (Å²) in [7, 11) is 12.3. The lowest BCUT2D eigenvalue weighted by molar-refractivity contribution is -0.119. The summed E-state index contributed by atoms with van der Waals surface area (Å²) < 4.78 is 24.3. The summed E-state index contributed by atoms with van der Waals surface area (Å²) in [5.74, 6) is 2.07. The van der Waals surface area contributed by atoms with Crippen LogP contribution in [0.1, 0.15) is 86.1 Å². The van der Waals surface area contributed by atoms with E-state index < -0.39 is 0 Å². The molecule has 3 aromatic heterocycles. The smallest absolute Gasteiger partial charge is 0.147 e. The molecule has 0 amide bonds. The second-order valence-corrected chi connectivity index (χ2v) is 25.5. The van der Waals surface area contributed by atoms with E-state index in [1.807, 2.05) is 184 Å². The average molecular weight is 1400 g/mol. The number of aromatic nitrogens is 3. The second kappa shape index (κ2) is 42.9. The van der Waals surface area contributed by atoms with Crippen LogP contribution in [0, 0.1) is 19.7 Å². The Bertz CT molecular complexity index is 4330. The van der Waals surface area contributed by atoms with Crippen molar-refractivity contribution in [2.75, 3.05) is 49.5 Å². The SMILES string of the molecule is CCc1ccccc1-c1ccc(C[C@H](NC)C(C)=O)cn1.CN[C@@H](Cc1ccc(-c2ccc(OC)cc2OC)cc1)C(C)=O.CN[C@@H](Cc1ccc(-c2cccc(F)c2C)cc1)C(C)=O.CN[C@@H](Cc1ccc(-c2ccccc2)nc1)C(C)=O.CN[C@@H](Cc1ccc(-c2ccccc2C)nc1)C(C)=O. The van der Waals surface area contributed by atoms with Crippen LogP contribution in [0.15, 0.2) is 219 Å². The molecule has 0 saturated carbocycles. The Kier molecular flexibility index (Phi) is 34.1. The summed E-state index contributed by atoms with van der Waals surface area (Å²) in [6, 6.07) is 65.1. The van der Waals surface area contributed by atoms with E-state index in [0.717, 1.165) is 96.2 Å². The molecule has 544 valence electrons. The molecule has 0 saturated heterocycles. The predicted molar refractivity (Wildman–Crippen MR) is 421 cm³/mol. The van der Waals surface area contributed by atoms with Crippen LogP contribution in [-0.4, -0.2) is 124 Å². The molecule has 0 unspecified atom stereocenters. The number of benzene rings is 7. The fraction of sp³-hybridized carbons (Fsp3) is 0.295. The number of nitrogens with zero attached hydrogens (tertiary/aromatic N) is 3. The molecular weight excluding hydrogens is 1300 g/mol. The Morgan fingerprint density at radius 1 is 0.375 bits per heavy atom. The van der Waals surface area contributed by atoms with Crippen molar-refractivity contribution >= 4 is 28.9 Å². The first-order valence-electron chi connectivity index (χ1n) is 35.2. The van der Waals surface area contributed by atoms with Crippen LogP contribution in [0.2, 0.25) is 0 Å². The fourth-order valence-corrected chi connectivity index (χ4v) is 11.7. The van der Waals surface area contributed by atoms with Crippen LogP contribution < -0.4 is 36.1 Å². The van der Waals surface area contributed by atoms with Crippen LogP contribution in [0.5, 0.6) is 11.5 Å². The summed E-state index contributed by atoms with van der Waals surface area (Å²) in [4.78, 5) is 70.8. The van der Waals surface area contributed by atoms with E-state index in [-0.39, 0.29) is 64.9 Å². The molecule has 0 aliphatic rings. The molecular formula is C88H103FN8O7. The molecule has 0 radical (unpaired) electrons. The molecule has 15 nitrogen and oxygen atoms in total. The zero-order valence-electron chi connectivity index (χ0n) is 63.0. The molecule has 0 aliphatic carbocycles. The Hall–Kier alpha value is -10.3. The van der Waals surface area contributed by atoms with E-state index in [9.17, 15) is 28.4 Å². The maximum atomic E-state index is 13.6. The number of carbonyl (C=O) groups excluding carboxylic acids is 5. The van der Waals surface area contributed by atoms with Gasteiger partial charge in [0, 0.05) is 46.9 Å². The van der Waals surface area contributed by atoms with E-state index in [0.29, 0.717) is 37.7 Å². The number of Topliss-reactive ketones (excluding diaryl/α,β-unsaturated/α-hetero) is 5. The molecule has 7 aromatic carbocycles. The lowest BCUT2D eigenvalue weighted by Gasteiger charge is -2.14. The number of pyridine rings is 3. The van der Waals surface area contributed by atoms with Crippen molar-refractivity contribution in [1.82, 2.24) is 41.5 Å². The summed E-state index contributed by atoms with van der Waals surface area (Å²) >= 11 is 0. The van der Waals surface area contributed by atoms with E-state index in [1.54, 1.807) is 83.0 Å². The normalized spacial score (nSPS) is 12.1. The molecule has 104 heavy (non-hydrogen) atoms. The van der Waals surface area contributed by atoms with Gasteiger partial charge in [0.15, 0.2) is 0 Å². The van der Waals surface area contributed by atoms with Gasteiger partial charge in [-0.3, -0.25) is 38.9 Å². The highest BCUT2D eigenvalue weighted by atomic mass is 19.1. The van der Waals surface area contributed by atoms with Crippen LogP contribution in [0.4, 0.5) is 4.39 Å². The first-order valence-corrected chi connectivity index (χ1v) is 35.2. The molecule has 10 aromatic rings. The summed E-state index contributed by atoms with van der Waals surface area (Å²) in [6.07, 6.45) is 9.93. The largest absolute Gasteiger partial charge is 0.497 e. The molecule has 5 atom stereocenters. The van der Waals surface area contributed by atoms with E-state index in [4.69, 9.17) is 9.47 Å². The zero-order chi connectivity index (χ0) is 75.7. The number of aryl methyl sites for hydroxylation is 2. The minimum Gasteiger partial charge on any atom is -0.497 e. The predicted octanol–water partition coefficient (Wildman–Crippen LogP) is 14.9. The molecule has 0 fully saturated rings. The van der Waals surface area contributed by atoms with E-state index in [2.05, 4.69) is 91.8 Å². The number of rotatable bonds is 28. The van der Waals surface area contributed by atoms with Crippen molar-refractivity contribution < 1.29 is 37.8 Å². The summed E-state index contributed by atoms with van der Waals surface area (Å²) in [5.41, 5.74) is 18.9. The van der Waals surface area contributed by atoms with Crippen LogP contribution >= 0.6 is 0 Å². The molecule has 0 spiro atoms. The Morgan fingerprint density at radius 2 is 0.750 bits per heavy atom. The lowest BCUT2D eigenvalue weighted by atomic mass is 9.97. The van der Waals surface area contributed by atoms with Crippen molar-refractivity contribution in [3.8, 4) is 67.5 Å². The third-order valence-corrected chi connectivity index (χ3v) is 18.2. The molecule has 16 heteroatoms. The maximum absolute atomic E-state index is 13.6. The van der Waals surface area contributed by atoms with Gasteiger partial charge >= 0.3 is 0 Å². The third-order valence-electron chi connectivity index (χ3n) is 18.2. The second-order valence-electron chi connectivity index (χ2n) is 25.5. The monoisotopic (exact) mass is 1400 g/mol. The minimum atomic E-state index is -0.191. The van der Waals surface area contributed by atoms with Gasteiger partial charge in [-0.2, -0.15) is 0 Å². The standard InChI is InChI=1S/C19H23NO3.C18H20FNO.C18H22N2O.C17H20N2O.C16H18N2O/c1-13(21)18(20-2)11-14-5-7-15(8-6-14)17-10-9-16(22-3)12-19(17)23-4;1-12-16(5-4-6-17(12)19)15-9-7-14(8-10-15)11-18(20-3)13(2)21;1-4-15-7-5-6-8-16(15)17-10-9-14(12-20-17)11-18(19-3)13(2)21;1-12-6-4-5-7-15(12)16-9-8-14(11-19-16)10-17(18-3)13(2)20;1-12(19)16(17-2)10-13-8-9-15(18-11-13)14-6-4-3-5-7-14/h5-10,12,18,20H,11H2,1-4H3;4-10,18,20H,11H2,1-3H3;5-10,12,18-19H,4,11H2,1-3H3;4-9,11,17-18H,10H2,1-3H3;3-9,11,16-17H,10H2,1-2H3/t3*18-;17-;16-/m00000/s1. The maximum Gasteiger partial charge on any atom is 0.147 e. The third kappa shape index (κ3) is 25.3. The first-order chi connectivity index (χ1) is 50.1. The first kappa shape index (κ1) is 82.6. The van der Waals surface area contributed by atoms with Crippen molar-refractivity contribution in [2.45, 2.75) is 124 Å². The van der Waals surface area contributed by atoms with E-state index in [1.165, 1.54) is 22.8 Å². The lowest BCUT2D eigenvalue weighted by Crippen LogP contribution is -2.34. The van der Waals surface area contributed by atoms with Crippen molar-refractivity contribution in [2.24, 2.45) is 0 Å². The van der Waals surface area contributed by atoms with Gasteiger partial charge in [-0.05, 0) is 220 Å². The number of ketones is 5. The van der Waals surface area contributed by atoms with Gasteiger partial charge in [-0.1, -0.05) is 165 Å². The number of halogens is 1. The van der Waals surface area contributed by atoms with Crippen molar-refractivity contribution in [3.05, 3.63) is 269 Å². The number of likely N-dealkylation sites (N-methyl/N-ethyl adjacent to an activating group) is 5. The van der Waals surface area contributed by atoms with Gasteiger partial charge in [0.1, 0.15) is 46.2 Å². The van der Waals surface area contributed by atoms with Gasteiger partial charge in [0.2, 0.25) is 0 Å². The minimum absolute atomic E-state index is 0.127. The number of nitrogens with one attached hydrogen (secondary N) is 5. The summed E-state index contributed by atoms with van der Waals surface area (Å²) in [6.45, 7) is 14.0. The Labute approximate surface area is 615 Å². The van der Waals surface area contributed by atoms with Crippen LogP contribution in [0.3, 0.4) is 0 Å². The zero-order valence-corrected chi connectivity index (χ0v) is 63.0. The van der Waals surface area contributed by atoms with Gasteiger partial charge in [-0.25, -0.2) is 4.39 Å². The van der Waals surface area contributed by atoms with E-state index >= 15 is 0 Å². The number of methoxy groups -OCH3 is 2. The quantitative estimate of drug-likeness (QED) is 0.0310. The molecule has 0 bridgehead atoms. The van der Waals surface area contributed by atoms with Gasteiger partial charge < -0.3 is 36.1 Å². The number of hydrogen-bond donors (Lipinski definition) is 5. The van der Waals surface area contributed by atoms with Gasteiger partial charge in [0.25, 0.3) is 0 Å². The topological polar surface area (TPSA) is 203 Å². The highest BCUT2D eigenvalue weighted by Gasteiger charge is 2.18. The highest BCUT2D eigenvalue weighted by molar-refractivity contribution is 5.84. The summed E-state index contributed by atoms with van der Waals surface area (Å²) in [5, 5.41) is 15.1. The van der Waals surface area contributed by atoms with Crippen LogP contribution in [0.25, 0.3) is 56.0 Å². The highest BCUT2D eigenvalue weighted by Crippen LogP contribution is 2.34. The Morgan fingerprint density at radius 3 is 1.14 bits per heavy atom. The molecule has 5 N–H and O–H groups in total. The molecule has 10 rings (SSSR count). The van der Waals surface area contributed by atoms with Crippen LogP contribution in [-0.2, 0) is 62.5 Å². The number of ether oxygens (including phenoxy) is 2. The van der Waals surface area contributed by atoms with Crippen molar-refractivity contribution in [1.29, 1.82) is 0 Å². The van der Waals surface area contributed by atoms with Crippen molar-refractivity contribution in [3.63, 3.8) is 0 Å². The fourth-order valence-electron chi connectivity index (χ4n) is 11.7. The van der Waals surface area contributed by atoms with Gasteiger partial charge in [0.05, 0.1) is 61.5 Å². The average Bonchev–Trinajstić information content (AvgIpc) is 0.844. The number of hydrogen-bond acceptors (Lipinski definition) is 15. The Balaban J connectivity index is 0.000000204.